The standard InChI is InChI=1S/C15H21NO4S/c1-19-12-4-5-13(20-2)11-8-15(16,7-6-10(11)12)14(17)9-21(3)18/h4-5H,6-9,16H2,1-3H3/t15-,21+/m0/s1. The second kappa shape index (κ2) is 6.15. The number of rotatable bonds is 5. The molecule has 5 nitrogen and oxygen atoms in total. The molecule has 6 heteroatoms. The molecular formula is C15H21NO4S. The smallest absolute Gasteiger partial charge is 0.165 e. The first-order valence-corrected chi connectivity index (χ1v) is 8.49. The molecule has 116 valence electrons. The first-order valence-electron chi connectivity index (χ1n) is 6.76. The van der Waals surface area contributed by atoms with Crippen LogP contribution in [0.15, 0.2) is 12.1 Å². The maximum absolute atomic E-state index is 12.3. The molecule has 1 aromatic carbocycles. The lowest BCUT2D eigenvalue weighted by Crippen LogP contribution is -2.53. The van der Waals surface area contributed by atoms with Crippen LogP contribution in [0.2, 0.25) is 0 Å². The highest BCUT2D eigenvalue weighted by atomic mass is 32.2. The highest BCUT2D eigenvalue weighted by Crippen LogP contribution is 2.38. The van der Waals surface area contributed by atoms with Crippen molar-refractivity contribution in [2.75, 3.05) is 26.2 Å². The number of benzene rings is 1. The van der Waals surface area contributed by atoms with Crippen LogP contribution in [-0.4, -0.2) is 41.8 Å². The van der Waals surface area contributed by atoms with E-state index in [1.807, 2.05) is 12.1 Å². The van der Waals surface area contributed by atoms with Gasteiger partial charge in [-0.3, -0.25) is 9.00 Å². The Balaban J connectivity index is 2.38. The Labute approximate surface area is 127 Å². The molecule has 0 unspecified atom stereocenters. The Morgan fingerprint density at radius 2 is 1.86 bits per heavy atom. The van der Waals surface area contributed by atoms with Gasteiger partial charge in [0.2, 0.25) is 0 Å². The molecule has 0 bridgehead atoms. The molecule has 0 aromatic heterocycles. The van der Waals surface area contributed by atoms with Gasteiger partial charge < -0.3 is 15.2 Å². The van der Waals surface area contributed by atoms with E-state index in [0.29, 0.717) is 25.0 Å². The number of carbonyl (C=O) groups excluding carboxylic acids is 1. The highest BCUT2D eigenvalue weighted by Gasteiger charge is 2.39. The van der Waals surface area contributed by atoms with Gasteiger partial charge in [0.15, 0.2) is 5.78 Å². The summed E-state index contributed by atoms with van der Waals surface area (Å²) in [6.07, 6.45) is 3.08. The van der Waals surface area contributed by atoms with Crippen molar-refractivity contribution in [3.8, 4) is 11.5 Å². The van der Waals surface area contributed by atoms with Crippen LogP contribution in [0.25, 0.3) is 0 Å². The van der Waals surface area contributed by atoms with Gasteiger partial charge in [-0.2, -0.15) is 0 Å². The Bertz CT molecular complexity index is 587. The van der Waals surface area contributed by atoms with Crippen LogP contribution in [0.1, 0.15) is 17.5 Å². The third-order valence-electron chi connectivity index (χ3n) is 3.99. The fourth-order valence-corrected chi connectivity index (χ4v) is 3.48. The molecule has 0 fully saturated rings. The monoisotopic (exact) mass is 311 g/mol. The molecule has 0 spiro atoms. The quantitative estimate of drug-likeness (QED) is 0.871. The molecule has 0 heterocycles. The maximum Gasteiger partial charge on any atom is 0.165 e. The number of hydrogen-bond acceptors (Lipinski definition) is 5. The average molecular weight is 311 g/mol. The number of carbonyl (C=O) groups is 1. The molecule has 1 aromatic rings. The van der Waals surface area contributed by atoms with Crippen molar-refractivity contribution in [3.05, 3.63) is 23.3 Å². The van der Waals surface area contributed by atoms with Crippen molar-refractivity contribution in [2.45, 2.75) is 24.8 Å². The number of Topliss-reactive ketones (excluding diaryl/α,β-unsaturated/α-hetero) is 1. The summed E-state index contributed by atoms with van der Waals surface area (Å²) in [6.45, 7) is 0. The number of fused-ring (bicyclic) bond motifs is 1. The predicted molar refractivity (Wildman–Crippen MR) is 82.4 cm³/mol. The minimum Gasteiger partial charge on any atom is -0.496 e. The van der Waals surface area contributed by atoms with Gasteiger partial charge in [-0.25, -0.2) is 0 Å². The number of ketones is 1. The van der Waals surface area contributed by atoms with E-state index in [1.54, 1.807) is 14.2 Å². The van der Waals surface area contributed by atoms with Gasteiger partial charge in [-0.15, -0.1) is 0 Å². The van der Waals surface area contributed by atoms with E-state index >= 15 is 0 Å². The van der Waals surface area contributed by atoms with Gasteiger partial charge in [0.05, 0.1) is 25.5 Å². The number of nitrogens with two attached hydrogens (primary N) is 1. The van der Waals surface area contributed by atoms with Gasteiger partial charge >= 0.3 is 0 Å². The molecule has 1 aliphatic rings. The molecule has 0 amide bonds. The summed E-state index contributed by atoms with van der Waals surface area (Å²) in [5, 5.41) is 0. The zero-order chi connectivity index (χ0) is 15.6. The SMILES string of the molecule is COc1ccc(OC)c2c1CC[C@@](N)(C(=O)C[S@@](C)=O)C2. The summed E-state index contributed by atoms with van der Waals surface area (Å²) < 4.78 is 22.1. The molecule has 2 atom stereocenters. The summed E-state index contributed by atoms with van der Waals surface area (Å²) in [4.78, 5) is 12.3. The number of hydrogen-bond donors (Lipinski definition) is 1. The Morgan fingerprint density at radius 1 is 1.29 bits per heavy atom. The maximum atomic E-state index is 12.3. The first kappa shape index (κ1) is 16.0. The second-order valence-corrected chi connectivity index (χ2v) is 6.84. The van der Waals surface area contributed by atoms with E-state index in [9.17, 15) is 9.00 Å². The third kappa shape index (κ3) is 3.11. The lowest BCUT2D eigenvalue weighted by atomic mass is 9.76. The van der Waals surface area contributed by atoms with Crippen LogP contribution in [0.5, 0.6) is 11.5 Å². The van der Waals surface area contributed by atoms with Gasteiger partial charge in [-0.05, 0) is 25.0 Å². The fraction of sp³-hybridized carbons (Fsp3) is 0.533. The van der Waals surface area contributed by atoms with Crippen LogP contribution >= 0.6 is 0 Å². The van der Waals surface area contributed by atoms with E-state index in [1.165, 1.54) is 6.26 Å². The zero-order valence-corrected chi connectivity index (χ0v) is 13.4. The Kier molecular flexibility index (Phi) is 4.68. The summed E-state index contributed by atoms with van der Waals surface area (Å²) in [7, 11) is 2.04. The van der Waals surface area contributed by atoms with E-state index < -0.39 is 16.3 Å². The van der Waals surface area contributed by atoms with Crippen molar-refractivity contribution in [3.63, 3.8) is 0 Å². The number of ether oxygens (including phenoxy) is 2. The molecule has 2 rings (SSSR count). The molecular weight excluding hydrogens is 290 g/mol. The molecule has 21 heavy (non-hydrogen) atoms. The fourth-order valence-electron chi connectivity index (χ4n) is 2.82. The third-order valence-corrected chi connectivity index (χ3v) is 4.66. The topological polar surface area (TPSA) is 78.6 Å². The average Bonchev–Trinajstić information content (AvgIpc) is 2.45. The highest BCUT2D eigenvalue weighted by molar-refractivity contribution is 7.85. The first-order chi connectivity index (χ1) is 9.91. The van der Waals surface area contributed by atoms with Crippen molar-refractivity contribution >= 4 is 16.6 Å². The number of methoxy groups -OCH3 is 2. The Hall–Kier alpha value is -1.40. The molecule has 0 saturated heterocycles. The molecule has 0 radical (unpaired) electrons. The van der Waals surface area contributed by atoms with E-state index in [-0.39, 0.29) is 11.5 Å². The van der Waals surface area contributed by atoms with Crippen molar-refractivity contribution < 1.29 is 18.5 Å². The zero-order valence-electron chi connectivity index (χ0n) is 12.6. The second-order valence-electron chi connectivity index (χ2n) is 5.40. The normalized spacial score (nSPS) is 22.3. The lowest BCUT2D eigenvalue weighted by Gasteiger charge is -2.34. The molecule has 1 aliphatic carbocycles. The summed E-state index contributed by atoms with van der Waals surface area (Å²) in [5.41, 5.74) is 7.29. The summed E-state index contributed by atoms with van der Waals surface area (Å²) >= 11 is 0. The minimum absolute atomic E-state index is 0.00187. The summed E-state index contributed by atoms with van der Waals surface area (Å²) in [5.74, 6) is 1.35. The van der Waals surface area contributed by atoms with Gasteiger partial charge in [0.1, 0.15) is 11.5 Å². The van der Waals surface area contributed by atoms with Crippen molar-refractivity contribution in [1.82, 2.24) is 0 Å². The molecule has 0 aliphatic heterocycles. The van der Waals surface area contributed by atoms with E-state index in [4.69, 9.17) is 15.2 Å². The van der Waals surface area contributed by atoms with Crippen LogP contribution < -0.4 is 15.2 Å². The van der Waals surface area contributed by atoms with Gasteiger partial charge in [0.25, 0.3) is 0 Å². The Morgan fingerprint density at radius 3 is 2.38 bits per heavy atom. The minimum atomic E-state index is -1.18. The van der Waals surface area contributed by atoms with Crippen LogP contribution in [0.3, 0.4) is 0 Å². The largest absolute Gasteiger partial charge is 0.496 e. The van der Waals surface area contributed by atoms with Crippen LogP contribution in [-0.2, 0) is 28.4 Å². The van der Waals surface area contributed by atoms with Crippen molar-refractivity contribution in [2.24, 2.45) is 5.73 Å². The van der Waals surface area contributed by atoms with Crippen LogP contribution in [0, 0.1) is 0 Å². The predicted octanol–water partition coefficient (Wildman–Crippen LogP) is 0.838. The van der Waals surface area contributed by atoms with Crippen molar-refractivity contribution in [1.29, 1.82) is 0 Å². The van der Waals surface area contributed by atoms with E-state index in [0.717, 1.165) is 16.9 Å². The van der Waals surface area contributed by atoms with E-state index in [2.05, 4.69) is 0 Å². The van der Waals surface area contributed by atoms with Gasteiger partial charge in [-0.1, -0.05) is 0 Å². The van der Waals surface area contributed by atoms with Crippen LogP contribution in [0.4, 0.5) is 0 Å². The molecule has 2 N–H and O–H groups in total. The van der Waals surface area contributed by atoms with Gasteiger partial charge in [0, 0.05) is 34.6 Å². The summed E-state index contributed by atoms with van der Waals surface area (Å²) in [6, 6.07) is 3.69. The lowest BCUT2D eigenvalue weighted by molar-refractivity contribution is -0.122. The molecule has 0 saturated carbocycles.